The van der Waals surface area contributed by atoms with Crippen molar-refractivity contribution >= 4 is 5.91 Å². The fraction of sp³-hybridized carbons (Fsp3) is 0.947. The Morgan fingerprint density at radius 3 is 2.09 bits per heavy atom. The quantitative estimate of drug-likeness (QED) is 0.312. The number of rotatable bonds is 17. The van der Waals surface area contributed by atoms with Crippen LogP contribution in [0, 0.1) is 0 Å². The zero-order valence-corrected chi connectivity index (χ0v) is 15.6. The summed E-state index contributed by atoms with van der Waals surface area (Å²) in [6.45, 7) is 4.26. The molecule has 0 aromatic rings. The second kappa shape index (κ2) is 17.7. The van der Waals surface area contributed by atoms with Crippen LogP contribution in [0.3, 0.4) is 0 Å². The molecule has 0 saturated heterocycles. The van der Waals surface area contributed by atoms with E-state index in [1.54, 1.807) is 0 Å². The molecule has 0 saturated carbocycles. The Hall–Kier alpha value is -0.610. The van der Waals surface area contributed by atoms with Gasteiger partial charge in [-0.25, -0.2) is 0 Å². The van der Waals surface area contributed by atoms with Gasteiger partial charge in [-0.1, -0.05) is 64.7 Å². The maximum atomic E-state index is 11.7. The average molecular weight is 329 g/mol. The Labute approximate surface area is 144 Å². The molecule has 0 aliphatic rings. The molecule has 0 heterocycles. The number of aliphatic hydroxyl groups excluding tert-OH is 1. The van der Waals surface area contributed by atoms with E-state index in [1.807, 2.05) is 0 Å². The largest absolute Gasteiger partial charge is 0.396 e. The predicted molar refractivity (Wildman–Crippen MR) is 98.4 cm³/mol. The number of hydrogen-bond acceptors (Lipinski definition) is 3. The van der Waals surface area contributed by atoms with E-state index in [1.165, 1.54) is 57.8 Å². The first-order valence-electron chi connectivity index (χ1n) is 9.76. The molecule has 0 aromatic carbocycles. The van der Waals surface area contributed by atoms with Crippen LogP contribution < -0.4 is 5.32 Å². The average Bonchev–Trinajstić information content (AvgIpc) is 2.55. The second-order valence-electron chi connectivity index (χ2n) is 6.70. The van der Waals surface area contributed by atoms with Gasteiger partial charge >= 0.3 is 0 Å². The standard InChI is InChI=1S/C19H40N2O2/c1-3-4-5-9-12-15-19(23)20-18-21(2)16-13-10-7-6-8-11-14-17-22/h22H,3-18H2,1-2H3,(H,20,23). The molecule has 0 aliphatic carbocycles. The number of nitrogens with one attached hydrogen (secondary N) is 1. The molecule has 0 unspecified atom stereocenters. The summed E-state index contributed by atoms with van der Waals surface area (Å²) in [6.07, 6.45) is 15.0. The molecule has 23 heavy (non-hydrogen) atoms. The van der Waals surface area contributed by atoms with E-state index in [0.717, 1.165) is 25.8 Å². The van der Waals surface area contributed by atoms with Crippen LogP contribution in [0.1, 0.15) is 90.4 Å². The zero-order chi connectivity index (χ0) is 17.2. The molecule has 0 aliphatic heterocycles. The number of carbonyl (C=O) groups is 1. The van der Waals surface area contributed by atoms with Crippen LogP contribution in [0.5, 0.6) is 0 Å². The van der Waals surface area contributed by atoms with Crippen molar-refractivity contribution in [2.75, 3.05) is 26.9 Å². The molecule has 0 atom stereocenters. The van der Waals surface area contributed by atoms with E-state index in [-0.39, 0.29) is 5.91 Å². The molecule has 0 bridgehead atoms. The minimum absolute atomic E-state index is 0.192. The van der Waals surface area contributed by atoms with Crippen LogP contribution in [0.4, 0.5) is 0 Å². The third kappa shape index (κ3) is 17.6. The normalized spacial score (nSPS) is 11.1. The first-order chi connectivity index (χ1) is 11.2. The molecular formula is C19H40N2O2. The lowest BCUT2D eigenvalue weighted by Crippen LogP contribution is -2.35. The van der Waals surface area contributed by atoms with E-state index in [2.05, 4.69) is 24.2 Å². The number of aliphatic hydroxyl groups is 1. The smallest absolute Gasteiger partial charge is 0.220 e. The summed E-state index contributed by atoms with van der Waals surface area (Å²) in [6, 6.07) is 0. The minimum Gasteiger partial charge on any atom is -0.396 e. The molecule has 0 rings (SSSR count). The van der Waals surface area contributed by atoms with Crippen LogP contribution in [0.2, 0.25) is 0 Å². The van der Waals surface area contributed by atoms with Crippen molar-refractivity contribution < 1.29 is 9.90 Å². The number of hydrogen-bond donors (Lipinski definition) is 2. The Balaban J connectivity index is 3.32. The summed E-state index contributed by atoms with van der Waals surface area (Å²) in [5.41, 5.74) is 0. The summed E-state index contributed by atoms with van der Waals surface area (Å²) in [5.74, 6) is 0.192. The van der Waals surface area contributed by atoms with E-state index >= 15 is 0 Å². The Morgan fingerprint density at radius 2 is 1.43 bits per heavy atom. The third-order valence-electron chi connectivity index (χ3n) is 4.25. The van der Waals surface area contributed by atoms with Gasteiger partial charge in [-0.15, -0.1) is 0 Å². The Morgan fingerprint density at radius 1 is 0.870 bits per heavy atom. The van der Waals surface area contributed by atoms with Crippen molar-refractivity contribution in [1.82, 2.24) is 10.2 Å². The fourth-order valence-electron chi connectivity index (χ4n) is 2.66. The molecule has 0 fully saturated rings. The minimum atomic E-state index is 0.192. The van der Waals surface area contributed by atoms with Crippen molar-refractivity contribution in [2.45, 2.75) is 90.4 Å². The lowest BCUT2D eigenvalue weighted by Gasteiger charge is -2.17. The second-order valence-corrected chi connectivity index (χ2v) is 6.70. The van der Waals surface area contributed by atoms with E-state index in [9.17, 15) is 4.79 Å². The van der Waals surface area contributed by atoms with Gasteiger partial charge in [0.25, 0.3) is 0 Å². The summed E-state index contributed by atoms with van der Waals surface area (Å²) in [4.78, 5) is 13.9. The van der Waals surface area contributed by atoms with Gasteiger partial charge < -0.3 is 10.4 Å². The molecule has 138 valence electrons. The Bertz CT molecular complexity index is 260. The highest BCUT2D eigenvalue weighted by atomic mass is 16.2. The number of nitrogens with zero attached hydrogens (tertiary/aromatic N) is 1. The monoisotopic (exact) mass is 328 g/mol. The lowest BCUT2D eigenvalue weighted by molar-refractivity contribution is -0.121. The number of amides is 1. The number of carbonyl (C=O) groups excluding carboxylic acids is 1. The molecule has 0 spiro atoms. The molecule has 0 radical (unpaired) electrons. The highest BCUT2D eigenvalue weighted by molar-refractivity contribution is 5.75. The summed E-state index contributed by atoms with van der Waals surface area (Å²) in [5, 5.41) is 11.7. The first-order valence-corrected chi connectivity index (χ1v) is 9.76. The molecule has 4 nitrogen and oxygen atoms in total. The highest BCUT2D eigenvalue weighted by Crippen LogP contribution is 2.07. The van der Waals surface area contributed by atoms with Gasteiger partial charge in [0.05, 0.1) is 6.67 Å². The number of unbranched alkanes of at least 4 members (excludes halogenated alkanes) is 10. The van der Waals surface area contributed by atoms with Gasteiger partial charge in [-0.3, -0.25) is 9.69 Å². The fourth-order valence-corrected chi connectivity index (χ4v) is 2.66. The SMILES string of the molecule is CCCCCCCC(=O)NCN(C)CCCCCCCCCO. The maximum absolute atomic E-state index is 11.7. The molecular weight excluding hydrogens is 288 g/mol. The third-order valence-corrected chi connectivity index (χ3v) is 4.25. The lowest BCUT2D eigenvalue weighted by atomic mass is 10.1. The maximum Gasteiger partial charge on any atom is 0.220 e. The van der Waals surface area contributed by atoms with Gasteiger partial charge in [0.15, 0.2) is 0 Å². The van der Waals surface area contributed by atoms with Crippen molar-refractivity contribution in [1.29, 1.82) is 0 Å². The Kier molecular flexibility index (Phi) is 17.3. The topological polar surface area (TPSA) is 52.6 Å². The van der Waals surface area contributed by atoms with E-state index in [0.29, 0.717) is 19.7 Å². The van der Waals surface area contributed by atoms with Crippen LogP contribution >= 0.6 is 0 Å². The van der Waals surface area contributed by atoms with E-state index < -0.39 is 0 Å². The highest BCUT2D eigenvalue weighted by Gasteiger charge is 2.03. The van der Waals surface area contributed by atoms with Crippen molar-refractivity contribution in [3.63, 3.8) is 0 Å². The van der Waals surface area contributed by atoms with Gasteiger partial charge in [0, 0.05) is 13.0 Å². The van der Waals surface area contributed by atoms with Crippen LogP contribution in [0.25, 0.3) is 0 Å². The zero-order valence-electron chi connectivity index (χ0n) is 15.6. The van der Waals surface area contributed by atoms with Crippen molar-refractivity contribution in [3.8, 4) is 0 Å². The van der Waals surface area contributed by atoms with Gasteiger partial charge in [-0.2, -0.15) is 0 Å². The molecule has 2 N–H and O–H groups in total. The van der Waals surface area contributed by atoms with Gasteiger partial charge in [-0.05, 0) is 32.9 Å². The van der Waals surface area contributed by atoms with Crippen LogP contribution in [-0.4, -0.2) is 42.8 Å². The molecule has 1 amide bonds. The first kappa shape index (κ1) is 22.4. The van der Waals surface area contributed by atoms with E-state index in [4.69, 9.17) is 5.11 Å². The summed E-state index contributed by atoms with van der Waals surface area (Å²) < 4.78 is 0. The van der Waals surface area contributed by atoms with Crippen molar-refractivity contribution in [3.05, 3.63) is 0 Å². The van der Waals surface area contributed by atoms with Crippen LogP contribution in [0.15, 0.2) is 0 Å². The van der Waals surface area contributed by atoms with Gasteiger partial charge in [0.1, 0.15) is 0 Å². The van der Waals surface area contributed by atoms with Crippen molar-refractivity contribution in [2.24, 2.45) is 0 Å². The summed E-state index contributed by atoms with van der Waals surface area (Å²) in [7, 11) is 2.07. The van der Waals surface area contributed by atoms with Crippen LogP contribution in [-0.2, 0) is 4.79 Å². The summed E-state index contributed by atoms with van der Waals surface area (Å²) >= 11 is 0. The molecule has 0 aromatic heterocycles. The predicted octanol–water partition coefficient (Wildman–Crippen LogP) is 4.08. The van der Waals surface area contributed by atoms with Gasteiger partial charge in [0.2, 0.25) is 5.91 Å². The molecule has 4 heteroatoms.